The molecule has 1 aliphatic heterocycles. The molecule has 190 valence electrons. The normalized spacial score (nSPS) is 20.9. The maximum absolute atomic E-state index is 13.2. The molecule has 2 aromatic heterocycles. The van der Waals surface area contributed by atoms with Gasteiger partial charge in [0, 0.05) is 36.8 Å². The van der Waals surface area contributed by atoms with E-state index in [2.05, 4.69) is 20.7 Å². The van der Waals surface area contributed by atoms with Gasteiger partial charge in [0.15, 0.2) is 0 Å². The number of carbonyl (C=O) groups excluding carboxylic acids is 1. The Bertz CT molecular complexity index is 1540. The van der Waals surface area contributed by atoms with Crippen molar-refractivity contribution in [1.82, 2.24) is 19.4 Å². The van der Waals surface area contributed by atoms with E-state index in [1.54, 1.807) is 0 Å². The molecule has 0 unspecified atom stereocenters. The van der Waals surface area contributed by atoms with Crippen molar-refractivity contribution in [2.45, 2.75) is 25.3 Å². The van der Waals surface area contributed by atoms with Crippen LogP contribution in [0.4, 0.5) is 5.82 Å². The second kappa shape index (κ2) is 10.0. The second-order valence-corrected chi connectivity index (χ2v) is 9.92. The van der Waals surface area contributed by atoms with E-state index in [0.29, 0.717) is 12.4 Å². The van der Waals surface area contributed by atoms with E-state index in [1.807, 2.05) is 71.6 Å². The quantitative estimate of drug-likeness (QED) is 0.354. The first kappa shape index (κ1) is 23.7. The minimum atomic E-state index is -0.00935. The highest BCUT2D eigenvalue weighted by Gasteiger charge is 2.44. The topological polar surface area (TPSA) is 110 Å². The highest BCUT2D eigenvalue weighted by molar-refractivity contribution is 6.00. The standard InChI is InChI=1S/C30H28N6O2/c31-14-4-6-21-16-25(21)30(37)35-15-5-7-22(17-35)36-18-26(27-28(32)33-19-34-29(27)36)20-10-12-24(13-11-20)38-23-8-2-1-3-9-23/h1-4,6,8-13,18-19,21-22,25H,5,7,15-17H2,(H2,32,33,34)/t21-,22+,25+/m1/s1. The van der Waals surface area contributed by atoms with Crippen molar-refractivity contribution in [2.24, 2.45) is 11.8 Å². The molecule has 1 saturated carbocycles. The number of nitrogen functional groups attached to an aromatic ring is 1. The summed E-state index contributed by atoms with van der Waals surface area (Å²) in [4.78, 5) is 24.0. The molecular weight excluding hydrogens is 476 g/mol. The average molecular weight is 505 g/mol. The number of rotatable bonds is 6. The summed E-state index contributed by atoms with van der Waals surface area (Å²) in [7, 11) is 0. The van der Waals surface area contributed by atoms with Crippen molar-refractivity contribution in [3.63, 3.8) is 0 Å². The molecule has 2 fully saturated rings. The molecule has 0 spiro atoms. The fraction of sp³-hybridized carbons (Fsp3) is 0.267. The number of benzene rings is 2. The lowest BCUT2D eigenvalue weighted by Crippen LogP contribution is -2.41. The lowest BCUT2D eigenvalue weighted by atomic mass is 10.0. The van der Waals surface area contributed by atoms with Crippen molar-refractivity contribution in [1.29, 1.82) is 5.26 Å². The van der Waals surface area contributed by atoms with Gasteiger partial charge < -0.3 is 19.9 Å². The van der Waals surface area contributed by atoms with Gasteiger partial charge in [0.2, 0.25) is 5.91 Å². The van der Waals surface area contributed by atoms with E-state index < -0.39 is 0 Å². The summed E-state index contributed by atoms with van der Waals surface area (Å²) < 4.78 is 8.12. The molecule has 6 rings (SSSR count). The van der Waals surface area contributed by atoms with E-state index in [-0.39, 0.29) is 23.8 Å². The largest absolute Gasteiger partial charge is 0.457 e. The summed E-state index contributed by atoms with van der Waals surface area (Å²) >= 11 is 0. The van der Waals surface area contributed by atoms with Crippen LogP contribution in [0.1, 0.15) is 25.3 Å². The number of nitriles is 1. The van der Waals surface area contributed by atoms with Crippen LogP contribution < -0.4 is 10.5 Å². The molecule has 0 bridgehead atoms. The number of likely N-dealkylation sites (tertiary alicyclic amines) is 1. The van der Waals surface area contributed by atoms with E-state index in [1.165, 1.54) is 12.4 Å². The van der Waals surface area contributed by atoms with Gasteiger partial charge in [0.25, 0.3) is 0 Å². The third-order valence-electron chi connectivity index (χ3n) is 7.46. The summed E-state index contributed by atoms with van der Waals surface area (Å²) in [5.74, 6) is 2.32. The van der Waals surface area contributed by atoms with E-state index in [0.717, 1.165) is 59.5 Å². The van der Waals surface area contributed by atoms with Gasteiger partial charge in [-0.3, -0.25) is 4.79 Å². The van der Waals surface area contributed by atoms with Gasteiger partial charge in [0.1, 0.15) is 29.3 Å². The van der Waals surface area contributed by atoms with Crippen LogP contribution in [-0.2, 0) is 4.79 Å². The van der Waals surface area contributed by atoms with Crippen LogP contribution in [0.2, 0.25) is 0 Å². The zero-order chi connectivity index (χ0) is 26.1. The number of ether oxygens (including phenoxy) is 1. The molecule has 1 amide bonds. The minimum Gasteiger partial charge on any atom is -0.457 e. The van der Waals surface area contributed by atoms with Crippen LogP contribution >= 0.6 is 0 Å². The number of hydrogen-bond donors (Lipinski definition) is 1. The molecule has 2 N–H and O–H groups in total. The van der Waals surface area contributed by atoms with Crippen molar-refractivity contribution in [3.8, 4) is 28.7 Å². The fourth-order valence-corrected chi connectivity index (χ4v) is 5.43. The molecule has 2 aromatic carbocycles. The maximum atomic E-state index is 13.2. The van der Waals surface area contributed by atoms with Crippen molar-refractivity contribution >= 4 is 22.8 Å². The van der Waals surface area contributed by atoms with E-state index in [4.69, 9.17) is 15.7 Å². The number of hydrogen-bond acceptors (Lipinski definition) is 6. The minimum absolute atomic E-state index is 0.00935. The molecule has 3 heterocycles. The fourth-order valence-electron chi connectivity index (χ4n) is 5.43. The molecule has 8 nitrogen and oxygen atoms in total. The van der Waals surface area contributed by atoms with Crippen LogP contribution in [0.15, 0.2) is 79.3 Å². The number of fused-ring (bicyclic) bond motifs is 1. The molecule has 1 saturated heterocycles. The van der Waals surface area contributed by atoms with Crippen LogP contribution in [-0.4, -0.2) is 38.4 Å². The highest BCUT2D eigenvalue weighted by Crippen LogP contribution is 2.42. The molecule has 1 aliphatic carbocycles. The molecule has 0 radical (unpaired) electrons. The zero-order valence-electron chi connectivity index (χ0n) is 20.9. The summed E-state index contributed by atoms with van der Waals surface area (Å²) in [5, 5.41) is 9.60. The Morgan fingerprint density at radius 2 is 1.89 bits per heavy atom. The van der Waals surface area contributed by atoms with Gasteiger partial charge in [-0.25, -0.2) is 9.97 Å². The van der Waals surface area contributed by atoms with Crippen LogP contribution in [0, 0.1) is 23.2 Å². The number of nitrogens with two attached hydrogens (primary N) is 1. The first-order valence-corrected chi connectivity index (χ1v) is 12.9. The predicted octanol–water partition coefficient (Wildman–Crippen LogP) is 5.35. The molecule has 4 aromatic rings. The second-order valence-electron chi connectivity index (χ2n) is 9.92. The Labute approximate surface area is 221 Å². The summed E-state index contributed by atoms with van der Waals surface area (Å²) in [6.07, 6.45) is 9.61. The number of allylic oxidation sites excluding steroid dienone is 2. The highest BCUT2D eigenvalue weighted by atomic mass is 16.5. The van der Waals surface area contributed by atoms with Gasteiger partial charge in [-0.1, -0.05) is 36.4 Å². The number of amides is 1. The SMILES string of the molecule is N#CC=C[C@@H]1C[C@@H]1C(=O)N1CCC[C@H](n2cc(-c3ccc(Oc4ccccc4)cc3)c3c(N)ncnc32)C1. The molecule has 2 aliphatic rings. The van der Waals surface area contributed by atoms with Gasteiger partial charge in [0.05, 0.1) is 17.5 Å². The van der Waals surface area contributed by atoms with Crippen molar-refractivity contribution in [2.75, 3.05) is 18.8 Å². The monoisotopic (exact) mass is 504 g/mol. The summed E-state index contributed by atoms with van der Waals surface area (Å²) in [5.41, 5.74) is 9.09. The lowest BCUT2D eigenvalue weighted by molar-refractivity contribution is -0.134. The zero-order valence-corrected chi connectivity index (χ0v) is 20.9. The van der Waals surface area contributed by atoms with Gasteiger partial charge in [-0.15, -0.1) is 0 Å². The Balaban J connectivity index is 1.27. The Kier molecular flexibility index (Phi) is 6.26. The Morgan fingerprint density at radius 1 is 1.11 bits per heavy atom. The Hall–Kier alpha value is -4.64. The van der Waals surface area contributed by atoms with E-state index >= 15 is 0 Å². The predicted molar refractivity (Wildman–Crippen MR) is 145 cm³/mol. The third-order valence-corrected chi connectivity index (χ3v) is 7.46. The van der Waals surface area contributed by atoms with Crippen LogP contribution in [0.5, 0.6) is 11.5 Å². The number of piperidine rings is 1. The van der Waals surface area contributed by atoms with Crippen LogP contribution in [0.3, 0.4) is 0 Å². The lowest BCUT2D eigenvalue weighted by Gasteiger charge is -2.34. The third kappa shape index (κ3) is 4.59. The smallest absolute Gasteiger partial charge is 0.226 e. The summed E-state index contributed by atoms with van der Waals surface area (Å²) in [6.45, 7) is 1.38. The van der Waals surface area contributed by atoms with Crippen LogP contribution in [0.25, 0.3) is 22.2 Å². The number of para-hydroxylation sites is 1. The number of carbonyl (C=O) groups is 1. The molecule has 3 atom stereocenters. The molecule has 8 heteroatoms. The first-order valence-electron chi connectivity index (χ1n) is 12.9. The Morgan fingerprint density at radius 3 is 2.68 bits per heavy atom. The van der Waals surface area contributed by atoms with Crippen molar-refractivity contribution in [3.05, 3.63) is 79.3 Å². The van der Waals surface area contributed by atoms with E-state index in [9.17, 15) is 4.79 Å². The number of aromatic nitrogens is 3. The number of anilines is 1. The first-order chi connectivity index (χ1) is 18.6. The molecule has 38 heavy (non-hydrogen) atoms. The maximum Gasteiger partial charge on any atom is 0.226 e. The van der Waals surface area contributed by atoms with Gasteiger partial charge >= 0.3 is 0 Å². The van der Waals surface area contributed by atoms with Gasteiger partial charge in [-0.05, 0) is 55.0 Å². The number of nitrogens with zero attached hydrogens (tertiary/aromatic N) is 5. The average Bonchev–Trinajstić information content (AvgIpc) is 3.63. The van der Waals surface area contributed by atoms with Gasteiger partial charge in [-0.2, -0.15) is 5.26 Å². The van der Waals surface area contributed by atoms with Crippen molar-refractivity contribution < 1.29 is 9.53 Å². The summed E-state index contributed by atoms with van der Waals surface area (Å²) in [6, 6.07) is 19.7. The molecular formula is C30H28N6O2.